The molecule has 1 unspecified atom stereocenters. The Morgan fingerprint density at radius 2 is 2.42 bits per heavy atom. The van der Waals surface area contributed by atoms with Crippen LogP contribution < -0.4 is 11.1 Å². The van der Waals surface area contributed by atoms with Gasteiger partial charge in [0.25, 0.3) is 5.91 Å². The number of aromatic nitrogens is 1. The van der Waals surface area contributed by atoms with E-state index < -0.39 is 0 Å². The minimum absolute atomic E-state index is 0.0626. The maximum absolute atomic E-state index is 12.3. The van der Waals surface area contributed by atoms with Crippen LogP contribution in [-0.2, 0) is 0 Å². The molecule has 6 heteroatoms. The maximum atomic E-state index is 12.3. The highest BCUT2D eigenvalue weighted by molar-refractivity contribution is 7.99. The van der Waals surface area contributed by atoms with Crippen LogP contribution in [0.1, 0.15) is 21.7 Å². The summed E-state index contributed by atoms with van der Waals surface area (Å²) in [4.78, 5) is 18.0. The van der Waals surface area contributed by atoms with E-state index in [0.29, 0.717) is 10.6 Å². The molecule has 1 fully saturated rings. The van der Waals surface area contributed by atoms with Crippen molar-refractivity contribution in [2.45, 2.75) is 19.4 Å². The van der Waals surface area contributed by atoms with Gasteiger partial charge < -0.3 is 11.1 Å². The number of thioether (sulfide) groups is 1. The molecule has 0 spiro atoms. The molecular weight excluding hydrogens is 278 g/mol. The summed E-state index contributed by atoms with van der Waals surface area (Å²) in [6.07, 6.45) is 2.79. The zero-order valence-corrected chi connectivity index (χ0v) is 12.2. The summed E-state index contributed by atoms with van der Waals surface area (Å²) < 4.78 is 0. The number of hydrogen-bond donors (Lipinski definition) is 2. The predicted molar refractivity (Wildman–Crippen MR) is 82.0 cm³/mol. The van der Waals surface area contributed by atoms with Crippen molar-refractivity contribution in [1.29, 1.82) is 0 Å². The van der Waals surface area contributed by atoms with Crippen LogP contribution in [0.2, 0.25) is 0 Å². The lowest BCUT2D eigenvalue weighted by Crippen LogP contribution is -2.34. The Kier molecular flexibility index (Phi) is 3.36. The van der Waals surface area contributed by atoms with Crippen LogP contribution in [0.4, 0.5) is 5.69 Å². The lowest BCUT2D eigenvalue weighted by molar-refractivity contribution is 0.0946. The van der Waals surface area contributed by atoms with Gasteiger partial charge in [-0.3, -0.25) is 4.79 Å². The predicted octanol–water partition coefficient (Wildman–Crippen LogP) is 2.42. The topological polar surface area (TPSA) is 68.0 Å². The average Bonchev–Trinajstić information content (AvgIpc) is 2.98. The molecule has 0 bridgehead atoms. The van der Waals surface area contributed by atoms with Gasteiger partial charge in [-0.05, 0) is 30.7 Å². The number of anilines is 1. The van der Waals surface area contributed by atoms with Crippen molar-refractivity contribution in [2.24, 2.45) is 0 Å². The van der Waals surface area contributed by atoms with Gasteiger partial charge in [0.1, 0.15) is 9.71 Å². The number of nitrogens with one attached hydrogen (secondary N) is 1. The molecule has 1 atom stereocenters. The minimum Gasteiger partial charge on any atom is -0.397 e. The van der Waals surface area contributed by atoms with Gasteiger partial charge in [-0.25, -0.2) is 4.98 Å². The fraction of sp³-hybridized carbons (Fsp3) is 0.385. The number of pyridine rings is 1. The molecule has 4 nitrogen and oxygen atoms in total. The molecule has 3 N–H and O–H groups in total. The zero-order chi connectivity index (χ0) is 13.4. The van der Waals surface area contributed by atoms with E-state index in [2.05, 4.69) is 10.3 Å². The largest absolute Gasteiger partial charge is 0.397 e. The minimum atomic E-state index is -0.0626. The third-order valence-electron chi connectivity index (χ3n) is 3.31. The molecule has 19 heavy (non-hydrogen) atoms. The van der Waals surface area contributed by atoms with E-state index >= 15 is 0 Å². The van der Waals surface area contributed by atoms with Gasteiger partial charge in [0.2, 0.25) is 0 Å². The summed E-state index contributed by atoms with van der Waals surface area (Å²) in [6, 6.07) is 2.19. The van der Waals surface area contributed by atoms with Crippen molar-refractivity contribution in [2.75, 3.05) is 17.2 Å². The van der Waals surface area contributed by atoms with Gasteiger partial charge in [-0.1, -0.05) is 0 Å². The van der Waals surface area contributed by atoms with Crippen LogP contribution in [0.15, 0.2) is 12.3 Å². The number of nitrogens with two attached hydrogens (primary N) is 1. The van der Waals surface area contributed by atoms with Crippen molar-refractivity contribution in [3.63, 3.8) is 0 Å². The summed E-state index contributed by atoms with van der Waals surface area (Å²) in [7, 11) is 0. The Hall–Kier alpha value is -1.27. The van der Waals surface area contributed by atoms with E-state index in [1.165, 1.54) is 11.3 Å². The molecule has 0 saturated carbocycles. The number of thiophene rings is 1. The molecule has 100 valence electrons. The smallest absolute Gasteiger partial charge is 0.263 e. The standard InChI is InChI=1S/C13H15N3OS2/c1-7-2-4-15-13-9(7)10(14)11(19-13)12(17)16-8-3-5-18-6-8/h2,4,8H,3,5-6,14H2,1H3,(H,16,17). The summed E-state index contributed by atoms with van der Waals surface area (Å²) in [5.41, 5.74) is 7.75. The van der Waals surface area contributed by atoms with Crippen molar-refractivity contribution in [3.05, 3.63) is 22.7 Å². The van der Waals surface area contributed by atoms with Gasteiger partial charge in [0, 0.05) is 23.4 Å². The first-order chi connectivity index (χ1) is 9.16. The maximum Gasteiger partial charge on any atom is 0.263 e. The van der Waals surface area contributed by atoms with E-state index in [-0.39, 0.29) is 11.9 Å². The average molecular weight is 293 g/mol. The lowest BCUT2D eigenvalue weighted by atomic mass is 10.1. The molecule has 1 saturated heterocycles. The molecule has 2 aromatic heterocycles. The Balaban J connectivity index is 1.94. The zero-order valence-electron chi connectivity index (χ0n) is 10.6. The number of carbonyl (C=O) groups excluding carboxylic acids is 1. The normalized spacial score (nSPS) is 18.9. The highest BCUT2D eigenvalue weighted by Gasteiger charge is 2.22. The number of rotatable bonds is 2. The van der Waals surface area contributed by atoms with Crippen LogP contribution in [0, 0.1) is 6.92 Å². The first-order valence-electron chi connectivity index (χ1n) is 6.19. The number of aryl methyl sites for hydroxylation is 1. The first-order valence-corrected chi connectivity index (χ1v) is 8.16. The molecule has 0 aromatic carbocycles. The van der Waals surface area contributed by atoms with Crippen molar-refractivity contribution in [1.82, 2.24) is 10.3 Å². The SMILES string of the molecule is Cc1ccnc2sc(C(=O)NC3CCSC3)c(N)c12. The van der Waals surface area contributed by atoms with E-state index in [1.807, 2.05) is 24.8 Å². The molecule has 1 aliphatic rings. The highest BCUT2D eigenvalue weighted by atomic mass is 32.2. The van der Waals surface area contributed by atoms with Crippen molar-refractivity contribution >= 4 is 44.9 Å². The Bertz CT molecular complexity index is 632. The van der Waals surface area contributed by atoms with Crippen LogP contribution in [0.3, 0.4) is 0 Å². The molecule has 2 aromatic rings. The fourth-order valence-corrected chi connectivity index (χ4v) is 4.47. The van der Waals surface area contributed by atoms with E-state index in [4.69, 9.17) is 5.73 Å². The van der Waals surface area contributed by atoms with E-state index in [1.54, 1.807) is 6.20 Å². The number of nitrogen functional groups attached to an aromatic ring is 1. The monoisotopic (exact) mass is 293 g/mol. The van der Waals surface area contributed by atoms with Gasteiger partial charge in [0.05, 0.1) is 5.69 Å². The van der Waals surface area contributed by atoms with E-state index in [0.717, 1.165) is 33.7 Å². The molecular formula is C13H15N3OS2. The number of nitrogens with zero attached hydrogens (tertiary/aromatic N) is 1. The summed E-state index contributed by atoms with van der Waals surface area (Å²) in [6.45, 7) is 1.99. The molecule has 0 aliphatic carbocycles. The van der Waals surface area contributed by atoms with E-state index in [9.17, 15) is 4.79 Å². The van der Waals surface area contributed by atoms with Crippen LogP contribution >= 0.6 is 23.1 Å². The number of fused-ring (bicyclic) bond motifs is 1. The van der Waals surface area contributed by atoms with Crippen molar-refractivity contribution < 1.29 is 4.79 Å². The van der Waals surface area contributed by atoms with Crippen LogP contribution in [0.25, 0.3) is 10.2 Å². The second-order valence-electron chi connectivity index (χ2n) is 4.69. The highest BCUT2D eigenvalue weighted by Crippen LogP contribution is 2.34. The molecule has 1 amide bonds. The lowest BCUT2D eigenvalue weighted by Gasteiger charge is -2.10. The first kappa shape index (κ1) is 12.7. The third kappa shape index (κ3) is 2.30. The number of hydrogen-bond acceptors (Lipinski definition) is 5. The summed E-state index contributed by atoms with van der Waals surface area (Å²) >= 11 is 3.25. The van der Waals surface area contributed by atoms with Gasteiger partial charge >= 0.3 is 0 Å². The van der Waals surface area contributed by atoms with Gasteiger partial charge in [-0.2, -0.15) is 11.8 Å². The third-order valence-corrected chi connectivity index (χ3v) is 5.58. The second kappa shape index (κ2) is 5.02. The summed E-state index contributed by atoms with van der Waals surface area (Å²) in [5.74, 6) is 2.05. The number of amides is 1. The molecule has 0 radical (unpaired) electrons. The summed E-state index contributed by atoms with van der Waals surface area (Å²) in [5, 5.41) is 3.97. The Morgan fingerprint density at radius 1 is 1.58 bits per heavy atom. The van der Waals surface area contributed by atoms with Crippen LogP contribution in [-0.4, -0.2) is 28.4 Å². The van der Waals surface area contributed by atoms with Gasteiger partial charge in [-0.15, -0.1) is 11.3 Å². The van der Waals surface area contributed by atoms with Gasteiger partial charge in [0.15, 0.2) is 0 Å². The van der Waals surface area contributed by atoms with Crippen molar-refractivity contribution in [3.8, 4) is 0 Å². The fourth-order valence-electron chi connectivity index (χ4n) is 2.27. The number of carbonyl (C=O) groups is 1. The van der Waals surface area contributed by atoms with Crippen LogP contribution in [0.5, 0.6) is 0 Å². The Labute approximate surface area is 119 Å². The second-order valence-corrected chi connectivity index (χ2v) is 6.84. The molecule has 3 heterocycles. The quantitative estimate of drug-likeness (QED) is 0.892. The molecule has 1 aliphatic heterocycles. The molecule has 3 rings (SSSR count). The Morgan fingerprint density at radius 3 is 3.11 bits per heavy atom.